The van der Waals surface area contributed by atoms with E-state index in [0.29, 0.717) is 10.9 Å². The number of fused-ring (bicyclic) bond motifs is 1. The van der Waals surface area contributed by atoms with Gasteiger partial charge in [0.05, 0.1) is 21.7 Å². The lowest BCUT2D eigenvalue weighted by molar-refractivity contribution is 0.197. The van der Waals surface area contributed by atoms with E-state index in [1.807, 2.05) is 6.07 Å². The fourth-order valence-corrected chi connectivity index (χ4v) is 3.81. The van der Waals surface area contributed by atoms with Crippen molar-refractivity contribution >= 4 is 38.8 Å². The highest BCUT2D eigenvalue weighted by atomic mass is 32.1. The first-order valence-corrected chi connectivity index (χ1v) is 7.81. The molecule has 0 amide bonds. The number of rotatable bonds is 3. The van der Waals surface area contributed by atoms with E-state index >= 15 is 0 Å². The van der Waals surface area contributed by atoms with Crippen LogP contribution in [0.15, 0.2) is 24.3 Å². The van der Waals surface area contributed by atoms with Gasteiger partial charge in [0.2, 0.25) is 0 Å². The first-order chi connectivity index (χ1) is 9.22. The number of benzene rings is 1. The Labute approximate surface area is 122 Å². The largest absolute Gasteiger partial charge is 0.393 e. The van der Waals surface area contributed by atoms with Crippen molar-refractivity contribution in [3.63, 3.8) is 0 Å². The van der Waals surface area contributed by atoms with Crippen molar-refractivity contribution in [1.82, 2.24) is 9.88 Å². The highest BCUT2D eigenvalue weighted by molar-refractivity contribution is 7.80. The molecule has 0 aliphatic carbocycles. The van der Waals surface area contributed by atoms with Crippen molar-refractivity contribution in [1.29, 1.82) is 0 Å². The number of likely N-dealkylation sites (tertiary alicyclic amines) is 1. The number of thiocarbonyl (C=S) groups is 1. The Morgan fingerprint density at radius 3 is 3.11 bits per heavy atom. The lowest BCUT2D eigenvalue weighted by atomic mass is 9.98. The quantitative estimate of drug-likeness (QED) is 0.883. The Hall–Kier alpha value is -1.04. The van der Waals surface area contributed by atoms with Gasteiger partial charge in [-0.2, -0.15) is 0 Å². The van der Waals surface area contributed by atoms with Crippen molar-refractivity contribution in [2.75, 3.05) is 13.1 Å². The van der Waals surface area contributed by atoms with Gasteiger partial charge in [-0.3, -0.25) is 4.90 Å². The van der Waals surface area contributed by atoms with Crippen LogP contribution in [0.2, 0.25) is 0 Å². The Kier molecular flexibility index (Phi) is 3.77. The van der Waals surface area contributed by atoms with Gasteiger partial charge in [0, 0.05) is 12.5 Å². The van der Waals surface area contributed by atoms with Crippen LogP contribution in [0.4, 0.5) is 0 Å². The van der Waals surface area contributed by atoms with Crippen LogP contribution < -0.4 is 5.73 Å². The van der Waals surface area contributed by atoms with Gasteiger partial charge in [0.1, 0.15) is 5.01 Å². The fourth-order valence-electron chi connectivity index (χ4n) is 2.61. The molecule has 0 saturated carbocycles. The van der Waals surface area contributed by atoms with Gasteiger partial charge in [0.15, 0.2) is 0 Å². The molecule has 2 N–H and O–H groups in total. The molecular formula is C14H17N3S2. The van der Waals surface area contributed by atoms with Gasteiger partial charge in [0.25, 0.3) is 0 Å². The summed E-state index contributed by atoms with van der Waals surface area (Å²) >= 11 is 6.91. The number of nitrogens with zero attached hydrogens (tertiary/aromatic N) is 2. The highest BCUT2D eigenvalue weighted by Crippen LogP contribution is 2.24. The van der Waals surface area contributed by atoms with Crippen LogP contribution in [0.1, 0.15) is 17.8 Å². The summed E-state index contributed by atoms with van der Waals surface area (Å²) in [5.41, 5.74) is 6.88. The van der Waals surface area contributed by atoms with E-state index in [2.05, 4.69) is 28.1 Å². The molecule has 3 rings (SSSR count). The number of nitrogens with two attached hydrogens (primary N) is 1. The van der Waals surface area contributed by atoms with Crippen LogP contribution >= 0.6 is 23.6 Å². The molecule has 2 aromatic rings. The minimum atomic E-state index is 0.373. The molecule has 1 aromatic heterocycles. The molecule has 1 fully saturated rings. The molecule has 0 spiro atoms. The summed E-state index contributed by atoms with van der Waals surface area (Å²) in [4.78, 5) is 7.77. The minimum absolute atomic E-state index is 0.373. The van der Waals surface area contributed by atoms with E-state index in [1.165, 1.54) is 16.1 Å². The number of piperidine rings is 1. The number of para-hydroxylation sites is 1. The number of hydrogen-bond donors (Lipinski definition) is 1. The van der Waals surface area contributed by atoms with Crippen LogP contribution in [-0.2, 0) is 6.54 Å². The molecule has 0 bridgehead atoms. The summed E-state index contributed by atoms with van der Waals surface area (Å²) in [6.45, 7) is 3.01. The number of thiazole rings is 1. The SMILES string of the molecule is NC(=S)C1CCCN(Cc2nc3ccccc3s2)C1. The fraction of sp³-hybridized carbons (Fsp3) is 0.429. The summed E-state index contributed by atoms with van der Waals surface area (Å²) in [5, 5.41) is 1.18. The Balaban J connectivity index is 1.72. The topological polar surface area (TPSA) is 42.1 Å². The smallest absolute Gasteiger partial charge is 0.108 e. The summed E-state index contributed by atoms with van der Waals surface area (Å²) in [5.74, 6) is 0.373. The predicted molar refractivity (Wildman–Crippen MR) is 84.4 cm³/mol. The summed E-state index contributed by atoms with van der Waals surface area (Å²) in [6.07, 6.45) is 2.30. The van der Waals surface area contributed by atoms with E-state index < -0.39 is 0 Å². The van der Waals surface area contributed by atoms with Gasteiger partial charge in [-0.25, -0.2) is 4.98 Å². The van der Waals surface area contributed by atoms with E-state index in [9.17, 15) is 0 Å². The second kappa shape index (κ2) is 5.53. The van der Waals surface area contributed by atoms with E-state index in [-0.39, 0.29) is 0 Å². The zero-order chi connectivity index (χ0) is 13.2. The zero-order valence-electron chi connectivity index (χ0n) is 10.7. The van der Waals surface area contributed by atoms with Crippen LogP contribution in [-0.4, -0.2) is 28.0 Å². The molecule has 0 radical (unpaired) electrons. The minimum Gasteiger partial charge on any atom is -0.393 e. The van der Waals surface area contributed by atoms with E-state index in [1.54, 1.807) is 11.3 Å². The number of aromatic nitrogens is 1. The Bertz CT molecular complexity index is 560. The molecular weight excluding hydrogens is 274 g/mol. The lowest BCUT2D eigenvalue weighted by Gasteiger charge is -2.31. The Morgan fingerprint density at radius 2 is 2.32 bits per heavy atom. The van der Waals surface area contributed by atoms with Crippen molar-refractivity contribution in [3.05, 3.63) is 29.3 Å². The maximum Gasteiger partial charge on any atom is 0.108 e. The molecule has 1 aromatic carbocycles. The molecule has 19 heavy (non-hydrogen) atoms. The van der Waals surface area contributed by atoms with E-state index in [0.717, 1.165) is 31.6 Å². The monoisotopic (exact) mass is 291 g/mol. The number of hydrogen-bond acceptors (Lipinski definition) is 4. The first kappa shape index (κ1) is 13.0. The van der Waals surface area contributed by atoms with Crippen LogP contribution in [0, 0.1) is 5.92 Å². The molecule has 2 heterocycles. The van der Waals surface area contributed by atoms with Crippen LogP contribution in [0.5, 0.6) is 0 Å². The van der Waals surface area contributed by atoms with Crippen LogP contribution in [0.3, 0.4) is 0 Å². The van der Waals surface area contributed by atoms with Gasteiger partial charge in [-0.1, -0.05) is 24.4 Å². The molecule has 100 valence electrons. The average Bonchev–Trinajstić information content (AvgIpc) is 2.81. The Morgan fingerprint density at radius 1 is 1.47 bits per heavy atom. The van der Waals surface area contributed by atoms with Crippen molar-refractivity contribution in [2.24, 2.45) is 11.7 Å². The molecule has 1 unspecified atom stereocenters. The predicted octanol–water partition coefficient (Wildman–Crippen LogP) is 2.79. The third-order valence-electron chi connectivity index (χ3n) is 3.60. The highest BCUT2D eigenvalue weighted by Gasteiger charge is 2.22. The van der Waals surface area contributed by atoms with Crippen LogP contribution in [0.25, 0.3) is 10.2 Å². The molecule has 1 aliphatic heterocycles. The normalized spacial score (nSPS) is 20.7. The van der Waals surface area contributed by atoms with Gasteiger partial charge < -0.3 is 5.73 Å². The summed E-state index contributed by atoms with van der Waals surface area (Å²) in [7, 11) is 0. The molecule has 1 aliphatic rings. The molecule has 5 heteroatoms. The third-order valence-corrected chi connectivity index (χ3v) is 4.96. The second-order valence-corrected chi connectivity index (χ2v) is 6.64. The van der Waals surface area contributed by atoms with Crippen molar-refractivity contribution < 1.29 is 0 Å². The van der Waals surface area contributed by atoms with Gasteiger partial charge in [-0.05, 0) is 31.5 Å². The zero-order valence-corrected chi connectivity index (χ0v) is 12.3. The first-order valence-electron chi connectivity index (χ1n) is 6.58. The third kappa shape index (κ3) is 2.94. The summed E-state index contributed by atoms with van der Waals surface area (Å²) < 4.78 is 1.26. The molecule has 3 nitrogen and oxygen atoms in total. The average molecular weight is 291 g/mol. The van der Waals surface area contributed by atoms with Crippen molar-refractivity contribution in [2.45, 2.75) is 19.4 Å². The summed E-state index contributed by atoms with van der Waals surface area (Å²) in [6, 6.07) is 8.30. The lowest BCUT2D eigenvalue weighted by Crippen LogP contribution is -2.39. The molecule has 1 atom stereocenters. The standard InChI is InChI=1S/C14H17N3S2/c15-14(18)10-4-3-7-17(8-10)9-13-16-11-5-1-2-6-12(11)19-13/h1-2,5-6,10H,3-4,7-9H2,(H2,15,18). The second-order valence-electron chi connectivity index (χ2n) is 5.05. The van der Waals surface area contributed by atoms with Gasteiger partial charge in [-0.15, -0.1) is 11.3 Å². The maximum absolute atomic E-state index is 5.78. The maximum atomic E-state index is 5.78. The van der Waals surface area contributed by atoms with E-state index in [4.69, 9.17) is 18.0 Å². The molecule has 1 saturated heterocycles. The van der Waals surface area contributed by atoms with Crippen molar-refractivity contribution in [3.8, 4) is 0 Å². The van der Waals surface area contributed by atoms with Gasteiger partial charge >= 0.3 is 0 Å².